The van der Waals surface area contributed by atoms with Crippen molar-refractivity contribution in [2.45, 2.75) is 11.6 Å². The summed E-state index contributed by atoms with van der Waals surface area (Å²) >= 11 is 0. The van der Waals surface area contributed by atoms with Crippen LogP contribution in [0.25, 0.3) is 0 Å². The van der Waals surface area contributed by atoms with Crippen molar-refractivity contribution >= 4 is 10.4 Å². The van der Waals surface area contributed by atoms with Gasteiger partial charge in [0.2, 0.25) is 0 Å². The van der Waals surface area contributed by atoms with Crippen LogP contribution >= 0.6 is 0 Å². The van der Waals surface area contributed by atoms with E-state index >= 15 is 0 Å². The first-order valence-electron chi connectivity index (χ1n) is 8.36. The SMILES string of the molecule is NC(c1ccccc1)C(N)(c1ccc([O-])cc1)c1ccc([O-])cc1.O.O=S(=O)(O)O.[Pt+2]. The molecule has 0 radical (unpaired) electrons. The normalized spacial score (nSPS) is 11.7. The summed E-state index contributed by atoms with van der Waals surface area (Å²) in [6, 6.07) is 21.6. The number of rotatable bonds is 4. The van der Waals surface area contributed by atoms with Crippen molar-refractivity contribution in [1.29, 1.82) is 0 Å². The number of hydrogen-bond donors (Lipinski definition) is 4. The standard InChI is InChI=1S/C20H20N2O2.H2O4S.H2O.Pt/c21-19(14-4-2-1-3-5-14)20(22,15-6-10-17(23)11-7-15)16-8-12-18(24)13-9-16;1-5(2,3)4;;/h1-13,19,23-24H,21-22H2;(H2,1,2,3,4);1H2;/q;;;+2/p-2. The second-order valence-electron chi connectivity index (χ2n) is 6.25. The maximum atomic E-state index is 11.5. The fourth-order valence-corrected chi connectivity index (χ4v) is 2.91. The van der Waals surface area contributed by atoms with Gasteiger partial charge < -0.3 is 27.2 Å². The summed E-state index contributed by atoms with van der Waals surface area (Å²) in [7, 11) is -4.67. The van der Waals surface area contributed by atoms with Crippen molar-refractivity contribution in [1.82, 2.24) is 0 Å². The summed E-state index contributed by atoms with van der Waals surface area (Å²) in [6.07, 6.45) is 0. The van der Waals surface area contributed by atoms with E-state index in [1.165, 1.54) is 24.3 Å². The van der Waals surface area contributed by atoms with E-state index in [0.29, 0.717) is 0 Å². The Hall–Kier alpha value is -2.30. The van der Waals surface area contributed by atoms with Gasteiger partial charge in [0.1, 0.15) is 0 Å². The Kier molecular flexibility index (Phi) is 11.0. The van der Waals surface area contributed by atoms with Gasteiger partial charge in [-0.3, -0.25) is 9.11 Å². The molecule has 0 amide bonds. The van der Waals surface area contributed by atoms with Gasteiger partial charge in [0.25, 0.3) is 0 Å². The van der Waals surface area contributed by atoms with Gasteiger partial charge in [-0.15, -0.1) is 11.5 Å². The molecule has 8 N–H and O–H groups in total. The van der Waals surface area contributed by atoms with Crippen LogP contribution in [0.1, 0.15) is 22.7 Å². The van der Waals surface area contributed by atoms with Crippen LogP contribution in [0.15, 0.2) is 78.9 Å². The molecule has 0 aliphatic carbocycles. The summed E-state index contributed by atoms with van der Waals surface area (Å²) < 4.78 is 31.6. The maximum absolute atomic E-state index is 11.5. The van der Waals surface area contributed by atoms with Crippen LogP contribution in [0.4, 0.5) is 0 Å². The summed E-state index contributed by atoms with van der Waals surface area (Å²) in [5, 5.41) is 22.9. The fraction of sp³-hybridized carbons (Fsp3) is 0.100. The van der Waals surface area contributed by atoms with Crippen LogP contribution < -0.4 is 21.7 Å². The van der Waals surface area contributed by atoms with Crippen molar-refractivity contribution in [2.24, 2.45) is 11.5 Å². The minimum atomic E-state index is -4.67. The number of hydrogen-bond acceptors (Lipinski definition) is 6. The largest absolute Gasteiger partial charge is 2.00 e. The molecule has 11 heteroatoms. The van der Waals surface area contributed by atoms with Gasteiger partial charge in [-0.25, -0.2) is 0 Å². The van der Waals surface area contributed by atoms with Crippen molar-refractivity contribution in [2.75, 3.05) is 0 Å². The van der Waals surface area contributed by atoms with Crippen molar-refractivity contribution in [3.63, 3.8) is 0 Å². The van der Waals surface area contributed by atoms with Crippen molar-refractivity contribution < 1.29 is 54.3 Å². The van der Waals surface area contributed by atoms with Gasteiger partial charge in [0.15, 0.2) is 0 Å². The first-order valence-corrected chi connectivity index (χ1v) is 9.76. The Labute approximate surface area is 194 Å². The zero-order valence-electron chi connectivity index (χ0n) is 16.0. The second kappa shape index (κ2) is 11.9. The Morgan fingerprint density at radius 2 is 1.10 bits per heavy atom. The van der Waals surface area contributed by atoms with E-state index in [2.05, 4.69) is 0 Å². The molecule has 0 aromatic heterocycles. The molecule has 3 aromatic rings. The molecule has 0 fully saturated rings. The molecule has 0 bridgehead atoms. The molecular weight excluding hydrogens is 607 g/mol. The Morgan fingerprint density at radius 1 is 0.774 bits per heavy atom. The van der Waals surface area contributed by atoms with E-state index in [-0.39, 0.29) is 38.0 Å². The van der Waals surface area contributed by atoms with E-state index in [9.17, 15) is 10.2 Å². The maximum Gasteiger partial charge on any atom is 2.00 e. The molecule has 0 heterocycles. The number of benzene rings is 3. The van der Waals surface area contributed by atoms with Crippen LogP contribution in [0, 0.1) is 0 Å². The zero-order chi connectivity index (χ0) is 21.7. The third-order valence-corrected chi connectivity index (χ3v) is 4.31. The Morgan fingerprint density at radius 3 is 1.42 bits per heavy atom. The average molecular weight is 630 g/mol. The molecule has 0 aliphatic rings. The van der Waals surface area contributed by atoms with Gasteiger partial charge in [0, 0.05) is 0 Å². The smallest absolute Gasteiger partial charge is 0.872 e. The summed E-state index contributed by atoms with van der Waals surface area (Å²) in [4.78, 5) is 0. The molecular formula is C20H22N2O7PtS. The van der Waals surface area contributed by atoms with E-state index in [1.54, 1.807) is 24.3 Å². The topological polar surface area (TPSA) is 204 Å². The predicted molar refractivity (Wildman–Crippen MR) is 108 cm³/mol. The van der Waals surface area contributed by atoms with Crippen LogP contribution in [0.2, 0.25) is 0 Å². The van der Waals surface area contributed by atoms with E-state index in [4.69, 9.17) is 29.0 Å². The molecule has 1 atom stereocenters. The molecule has 0 aliphatic heterocycles. The predicted octanol–water partition coefficient (Wildman–Crippen LogP) is 0.256. The van der Waals surface area contributed by atoms with Gasteiger partial charge >= 0.3 is 31.5 Å². The van der Waals surface area contributed by atoms with Crippen molar-refractivity contribution in [3.05, 3.63) is 95.6 Å². The Balaban J connectivity index is 0.00000116. The van der Waals surface area contributed by atoms with Crippen LogP contribution in [-0.2, 0) is 37.0 Å². The molecule has 0 saturated heterocycles. The third-order valence-electron chi connectivity index (χ3n) is 4.31. The second-order valence-corrected chi connectivity index (χ2v) is 7.15. The molecule has 3 rings (SSSR count). The first kappa shape index (κ1) is 28.7. The van der Waals surface area contributed by atoms with Gasteiger partial charge in [0.05, 0.1) is 11.6 Å². The first-order chi connectivity index (χ1) is 13.5. The minimum Gasteiger partial charge on any atom is -0.872 e. The van der Waals surface area contributed by atoms with Gasteiger partial charge in [-0.05, 0) is 16.7 Å². The van der Waals surface area contributed by atoms with Gasteiger partial charge in [-0.2, -0.15) is 8.42 Å². The molecule has 0 spiro atoms. The molecule has 3 aromatic carbocycles. The van der Waals surface area contributed by atoms with E-state index < -0.39 is 22.0 Å². The van der Waals surface area contributed by atoms with Crippen LogP contribution in [-0.4, -0.2) is 23.0 Å². The summed E-state index contributed by atoms with van der Waals surface area (Å²) in [6.45, 7) is 0. The minimum absolute atomic E-state index is 0. The van der Waals surface area contributed by atoms with Crippen LogP contribution in [0.3, 0.4) is 0 Å². The molecule has 1 unspecified atom stereocenters. The number of nitrogens with two attached hydrogens (primary N) is 2. The molecule has 170 valence electrons. The molecule has 31 heavy (non-hydrogen) atoms. The monoisotopic (exact) mass is 629 g/mol. The van der Waals surface area contributed by atoms with Crippen molar-refractivity contribution in [3.8, 4) is 11.5 Å². The van der Waals surface area contributed by atoms with E-state index in [1.807, 2.05) is 30.3 Å². The average Bonchev–Trinajstić information content (AvgIpc) is 2.67. The molecule has 9 nitrogen and oxygen atoms in total. The summed E-state index contributed by atoms with van der Waals surface area (Å²) in [5.41, 5.74) is 14.6. The quantitative estimate of drug-likeness (QED) is 0.294. The van der Waals surface area contributed by atoms with Crippen LogP contribution in [0.5, 0.6) is 11.5 Å². The van der Waals surface area contributed by atoms with E-state index in [0.717, 1.165) is 16.7 Å². The third kappa shape index (κ3) is 8.04. The fourth-order valence-electron chi connectivity index (χ4n) is 2.91. The Bertz CT molecular complexity index is 978. The molecule has 0 saturated carbocycles. The van der Waals surface area contributed by atoms with Gasteiger partial charge in [-0.1, -0.05) is 78.9 Å². The zero-order valence-corrected chi connectivity index (χ0v) is 19.1. The summed E-state index contributed by atoms with van der Waals surface area (Å²) in [5.74, 6) is -0.187.